The van der Waals surface area contributed by atoms with Crippen LogP contribution >= 0.6 is 0 Å². The summed E-state index contributed by atoms with van der Waals surface area (Å²) < 4.78 is 9.08. The van der Waals surface area contributed by atoms with Crippen molar-refractivity contribution in [2.24, 2.45) is 0 Å². The van der Waals surface area contributed by atoms with Crippen LogP contribution < -0.4 is 14.5 Å². The molecule has 5 nitrogen and oxygen atoms in total. The van der Waals surface area contributed by atoms with Gasteiger partial charge in [-0.3, -0.25) is 0 Å². The van der Waals surface area contributed by atoms with Gasteiger partial charge in [0.05, 0.1) is 0 Å². The van der Waals surface area contributed by atoms with Gasteiger partial charge in [-0.25, -0.2) is 4.98 Å². The molecule has 6 heteroatoms. The quantitative estimate of drug-likeness (QED) is 0.142. The minimum absolute atomic E-state index is 0. The first-order chi connectivity index (χ1) is 35.7. The van der Waals surface area contributed by atoms with Crippen LogP contribution in [0.15, 0.2) is 182 Å². The Balaban J connectivity index is 0.00000657. The summed E-state index contributed by atoms with van der Waals surface area (Å²) >= 11 is 0. The fourth-order valence-electron chi connectivity index (χ4n) is 10.3. The van der Waals surface area contributed by atoms with E-state index in [2.05, 4.69) is 274 Å². The second-order valence-corrected chi connectivity index (χ2v) is 24.4. The SMILES string of the molecule is CC(C)(C)c1cccc(N2[CH-]N(c3[c-]c(Oc4[c-]c5c(cc4)c4cc(-c6cc(C(C)(C)C)cc(C(C)(C)C)c6)ccc4n5-c4cc(C(C)(C)C)ccn4)ccc3)c3cccc(-c4cccc(-c5ccccc5)c4)c32)c1.[Pt]. The van der Waals surface area contributed by atoms with E-state index >= 15 is 0 Å². The fourth-order valence-corrected chi connectivity index (χ4v) is 10.3. The van der Waals surface area contributed by atoms with Crippen LogP contribution in [0.25, 0.3) is 61.0 Å². The monoisotopic (exact) mass is 1170 g/mol. The number of hydrogen-bond donors (Lipinski definition) is 0. The van der Waals surface area contributed by atoms with Gasteiger partial charge in [-0.1, -0.05) is 192 Å². The van der Waals surface area contributed by atoms with E-state index in [1.54, 1.807) is 0 Å². The molecule has 1 aliphatic heterocycles. The Morgan fingerprint density at radius 1 is 0.447 bits per heavy atom. The number of pyridine rings is 1. The van der Waals surface area contributed by atoms with Crippen LogP contribution in [0.4, 0.5) is 22.7 Å². The zero-order chi connectivity index (χ0) is 52.6. The molecule has 3 heterocycles. The molecule has 1 aliphatic rings. The zero-order valence-electron chi connectivity index (χ0n) is 45.9. The predicted molar refractivity (Wildman–Crippen MR) is 315 cm³/mol. The van der Waals surface area contributed by atoms with Gasteiger partial charge in [0.15, 0.2) is 0 Å². The number of ether oxygens (including phenoxy) is 1. The molecule has 10 aromatic rings. The largest absolute Gasteiger partial charge is 0.509 e. The van der Waals surface area contributed by atoms with E-state index in [-0.39, 0.29) is 42.7 Å². The van der Waals surface area contributed by atoms with Crippen LogP contribution in [0.2, 0.25) is 0 Å². The number of aromatic nitrogens is 2. The van der Waals surface area contributed by atoms with Crippen molar-refractivity contribution >= 4 is 44.6 Å². The van der Waals surface area contributed by atoms with Crippen molar-refractivity contribution in [3.05, 3.63) is 223 Å². The molecule has 0 N–H and O–H groups in total. The van der Waals surface area contributed by atoms with Crippen molar-refractivity contribution in [2.45, 2.75) is 105 Å². The number of fused-ring (bicyclic) bond motifs is 4. The Morgan fingerprint density at radius 2 is 1.08 bits per heavy atom. The standard InChI is InChI=1S/C70H67N4O.Pt/c1-67(2,3)51-24-17-25-55(41-51)73-45-72(63-29-19-28-59(66(63)73)49-23-16-22-47(36-49)46-20-14-13-15-21-46)56-26-18-27-57(43-56)75-58-31-32-60-61-39-48(50-37-53(69(7,8)9)40-54(38-50)70(10,11)12)30-33-62(61)74(64(60)44-58)65-42-52(34-35-71-65)68(4,5)6;/h13-42,45H,1-12H3;/q-3;. The summed E-state index contributed by atoms with van der Waals surface area (Å²) in [4.78, 5) is 9.57. The molecule has 0 saturated heterocycles. The number of rotatable bonds is 8. The van der Waals surface area contributed by atoms with Crippen molar-refractivity contribution in [2.75, 3.05) is 9.80 Å². The first kappa shape index (κ1) is 52.2. The molecule has 2 aromatic heterocycles. The molecule has 386 valence electrons. The molecule has 0 bridgehead atoms. The van der Waals surface area contributed by atoms with Gasteiger partial charge in [0, 0.05) is 66.9 Å². The third kappa shape index (κ3) is 10.1. The summed E-state index contributed by atoms with van der Waals surface area (Å²) in [6.07, 6.45) is 1.93. The van der Waals surface area contributed by atoms with Crippen molar-refractivity contribution in [3.63, 3.8) is 0 Å². The van der Waals surface area contributed by atoms with Gasteiger partial charge in [-0.2, -0.15) is 12.1 Å². The van der Waals surface area contributed by atoms with Crippen molar-refractivity contribution in [1.82, 2.24) is 9.55 Å². The van der Waals surface area contributed by atoms with Crippen LogP contribution in [0.5, 0.6) is 11.5 Å². The number of nitrogens with zero attached hydrogens (tertiary/aromatic N) is 4. The van der Waals surface area contributed by atoms with E-state index < -0.39 is 0 Å². The first-order valence-corrected chi connectivity index (χ1v) is 26.3. The van der Waals surface area contributed by atoms with E-state index in [0.717, 1.165) is 61.5 Å². The van der Waals surface area contributed by atoms with Crippen LogP contribution in [0, 0.1) is 18.8 Å². The smallest absolute Gasteiger partial charge is 0.135 e. The third-order valence-corrected chi connectivity index (χ3v) is 14.7. The van der Waals surface area contributed by atoms with Crippen LogP contribution in [0.3, 0.4) is 0 Å². The molecule has 0 unspecified atom stereocenters. The molecular formula is C70H67N4OPt-3. The summed E-state index contributed by atoms with van der Waals surface area (Å²) in [5, 5.41) is 2.21. The summed E-state index contributed by atoms with van der Waals surface area (Å²) in [7, 11) is 0. The average molecular weight is 1180 g/mol. The number of anilines is 4. The molecule has 8 aromatic carbocycles. The summed E-state index contributed by atoms with van der Waals surface area (Å²) in [5.41, 5.74) is 18.1. The summed E-state index contributed by atoms with van der Waals surface area (Å²) in [5.74, 6) is 2.02. The fraction of sp³-hybridized carbons (Fsp3) is 0.229. The maximum absolute atomic E-state index is 6.84. The second-order valence-electron chi connectivity index (χ2n) is 24.4. The maximum atomic E-state index is 6.84. The molecule has 76 heavy (non-hydrogen) atoms. The van der Waals surface area contributed by atoms with Crippen molar-refractivity contribution in [3.8, 4) is 50.7 Å². The predicted octanol–water partition coefficient (Wildman–Crippen LogP) is 19.2. The molecule has 11 rings (SSSR count). The minimum atomic E-state index is -0.0684. The zero-order valence-corrected chi connectivity index (χ0v) is 48.2. The van der Waals surface area contributed by atoms with Gasteiger partial charge in [0.1, 0.15) is 5.82 Å². The number of hydrogen-bond acceptors (Lipinski definition) is 4. The average Bonchev–Trinajstić information content (AvgIpc) is 3.98. The van der Waals surface area contributed by atoms with Gasteiger partial charge < -0.3 is 19.1 Å². The molecule has 0 aliphatic carbocycles. The van der Waals surface area contributed by atoms with Crippen LogP contribution in [-0.2, 0) is 42.7 Å². The Morgan fingerprint density at radius 3 is 1.80 bits per heavy atom. The summed E-state index contributed by atoms with van der Waals surface area (Å²) in [6.45, 7) is 29.5. The Bertz CT molecular complexity index is 3750. The molecule has 0 spiro atoms. The van der Waals surface area contributed by atoms with E-state index in [9.17, 15) is 0 Å². The van der Waals surface area contributed by atoms with E-state index in [1.807, 2.05) is 24.4 Å². The van der Waals surface area contributed by atoms with Crippen molar-refractivity contribution < 1.29 is 25.8 Å². The van der Waals surface area contributed by atoms with Gasteiger partial charge in [0.2, 0.25) is 0 Å². The Kier molecular flexibility index (Phi) is 13.6. The van der Waals surface area contributed by atoms with Gasteiger partial charge in [0.25, 0.3) is 0 Å². The van der Waals surface area contributed by atoms with E-state index in [1.165, 1.54) is 44.5 Å². The van der Waals surface area contributed by atoms with E-state index in [4.69, 9.17) is 9.72 Å². The topological polar surface area (TPSA) is 33.5 Å². The first-order valence-electron chi connectivity index (χ1n) is 26.3. The van der Waals surface area contributed by atoms with Gasteiger partial charge >= 0.3 is 0 Å². The number of benzene rings is 8. The van der Waals surface area contributed by atoms with Crippen molar-refractivity contribution in [1.29, 1.82) is 0 Å². The van der Waals surface area contributed by atoms with Crippen LogP contribution in [-0.4, -0.2) is 9.55 Å². The third-order valence-electron chi connectivity index (χ3n) is 14.7. The second kappa shape index (κ2) is 19.7. The molecule has 0 saturated carbocycles. The number of para-hydroxylation sites is 1. The molecule has 0 amide bonds. The minimum Gasteiger partial charge on any atom is -0.509 e. The molecule has 0 atom stereocenters. The van der Waals surface area contributed by atoms with Gasteiger partial charge in [-0.15, -0.1) is 48.1 Å². The maximum Gasteiger partial charge on any atom is 0.135 e. The molecule has 0 radical (unpaired) electrons. The Labute approximate surface area is 465 Å². The van der Waals surface area contributed by atoms with Crippen LogP contribution in [0.1, 0.15) is 105 Å². The van der Waals surface area contributed by atoms with Gasteiger partial charge in [-0.05, 0) is 120 Å². The van der Waals surface area contributed by atoms with E-state index in [0.29, 0.717) is 11.5 Å². The Hall–Kier alpha value is -7.20. The molecule has 0 fully saturated rings. The molecular weight excluding hydrogens is 1110 g/mol. The summed E-state index contributed by atoms with van der Waals surface area (Å²) in [6, 6.07) is 71.1. The normalized spacial score (nSPS) is 13.1.